The van der Waals surface area contributed by atoms with Crippen molar-refractivity contribution in [3.05, 3.63) is 142 Å². The van der Waals surface area contributed by atoms with Crippen LogP contribution in [0.15, 0.2) is 96.0 Å². The summed E-state index contributed by atoms with van der Waals surface area (Å²) in [6.07, 6.45) is 3.25. The summed E-state index contributed by atoms with van der Waals surface area (Å²) in [7, 11) is 1.25. The van der Waals surface area contributed by atoms with Gasteiger partial charge in [0.1, 0.15) is 11.6 Å². The number of benzene rings is 4. The number of fused-ring (bicyclic) bond motifs is 1. The molecule has 0 aliphatic carbocycles. The number of hydrogen-bond donors (Lipinski definition) is 0. The van der Waals surface area contributed by atoms with Gasteiger partial charge in [0.05, 0.1) is 24.6 Å². The zero-order chi connectivity index (χ0) is 31.4. The van der Waals surface area contributed by atoms with Crippen LogP contribution in [-0.2, 0) is 16.0 Å². The number of methoxy groups -OCH3 is 1. The van der Waals surface area contributed by atoms with Gasteiger partial charge < -0.3 is 4.74 Å². The summed E-state index contributed by atoms with van der Waals surface area (Å²) in [5.74, 6) is -1.60. The number of esters is 1. The second-order valence-electron chi connectivity index (χ2n) is 11.8. The van der Waals surface area contributed by atoms with Gasteiger partial charge in [-0.05, 0) is 72.7 Å². The van der Waals surface area contributed by atoms with Crippen LogP contribution in [0.25, 0.3) is 6.08 Å². The van der Waals surface area contributed by atoms with E-state index in [1.807, 2.05) is 48.5 Å². The zero-order valence-corrected chi connectivity index (χ0v) is 25.9. The molecule has 5 rings (SSSR count). The van der Waals surface area contributed by atoms with E-state index >= 15 is 8.78 Å². The summed E-state index contributed by atoms with van der Waals surface area (Å²) in [4.78, 5) is 19.0. The van der Waals surface area contributed by atoms with E-state index < -0.39 is 23.6 Å². The van der Waals surface area contributed by atoms with E-state index in [9.17, 15) is 4.79 Å². The number of halogens is 2. The van der Waals surface area contributed by atoms with Crippen LogP contribution in [0.2, 0.25) is 0 Å². The fourth-order valence-corrected chi connectivity index (χ4v) is 6.09. The van der Waals surface area contributed by atoms with Gasteiger partial charge in [0, 0.05) is 35.4 Å². The molecule has 226 valence electrons. The lowest BCUT2D eigenvalue weighted by atomic mass is 9.81. The van der Waals surface area contributed by atoms with Crippen molar-refractivity contribution in [3.8, 4) is 0 Å². The van der Waals surface area contributed by atoms with Crippen molar-refractivity contribution >= 4 is 23.4 Å². The number of aliphatic imine (C=N–C) groups is 1. The molecule has 0 spiro atoms. The molecule has 4 aromatic carbocycles. The molecular weight excluding hydrogens is 554 g/mol. The van der Waals surface area contributed by atoms with Crippen molar-refractivity contribution in [1.29, 1.82) is 0 Å². The molecule has 0 N–H and O–H groups in total. The number of hydrogen-bond acceptors (Lipinski definition) is 4. The minimum absolute atomic E-state index is 0.0126. The highest BCUT2D eigenvalue weighted by atomic mass is 19.1. The first kappa shape index (κ1) is 31.0. The molecule has 4 aromatic rings. The summed E-state index contributed by atoms with van der Waals surface area (Å²) in [5.41, 5.74) is 6.94. The summed E-state index contributed by atoms with van der Waals surface area (Å²) < 4.78 is 36.5. The minimum Gasteiger partial charge on any atom is -0.466 e. The first-order chi connectivity index (χ1) is 21.2. The van der Waals surface area contributed by atoms with E-state index in [4.69, 9.17) is 4.99 Å². The van der Waals surface area contributed by atoms with Gasteiger partial charge >= 0.3 is 5.97 Å². The van der Waals surface area contributed by atoms with Crippen LogP contribution < -0.4 is 0 Å². The monoisotopic (exact) mass is 592 g/mol. The van der Waals surface area contributed by atoms with Gasteiger partial charge in [-0.2, -0.15) is 0 Å². The standard InChI is InChI=1S/C38H38F2N2O2/c1-24(2)23-42-25(3)20-31-26(4)34(41-37(28-12-8-6-9-13-28)29-14-10-7-11-15-29)18-17-30(31)38(42)36-32(39)21-27(22-33(36)40)16-19-35(43)44-5/h6-19,21-22,24-25,38H,20,23H2,1-5H3/b19-16+/t25-,38+/m0/s1. The Morgan fingerprint density at radius 3 is 2.11 bits per heavy atom. The van der Waals surface area contributed by atoms with Crippen molar-refractivity contribution in [1.82, 2.24) is 4.90 Å². The third kappa shape index (κ3) is 6.56. The molecular formula is C38H38F2N2O2. The Kier molecular flexibility index (Phi) is 9.50. The fraction of sp³-hybridized carbons (Fsp3) is 0.263. The normalized spacial score (nSPS) is 16.6. The number of nitrogens with zero attached hydrogens (tertiary/aromatic N) is 2. The lowest BCUT2D eigenvalue weighted by molar-refractivity contribution is -0.134. The molecule has 0 amide bonds. The van der Waals surface area contributed by atoms with Crippen molar-refractivity contribution in [2.24, 2.45) is 10.9 Å². The Bertz CT molecular complexity index is 1630. The number of carbonyl (C=O) groups excluding carboxylic acids is 1. The fourth-order valence-electron chi connectivity index (χ4n) is 6.09. The summed E-state index contributed by atoms with van der Waals surface area (Å²) in [5, 5.41) is 0. The van der Waals surface area contributed by atoms with E-state index in [2.05, 4.69) is 61.6 Å². The average Bonchev–Trinajstić information content (AvgIpc) is 3.01. The maximum atomic E-state index is 15.9. The van der Waals surface area contributed by atoms with E-state index in [1.165, 1.54) is 25.3 Å². The second-order valence-corrected chi connectivity index (χ2v) is 11.8. The third-order valence-electron chi connectivity index (χ3n) is 8.19. The van der Waals surface area contributed by atoms with Crippen LogP contribution in [0.1, 0.15) is 65.8 Å². The third-order valence-corrected chi connectivity index (χ3v) is 8.19. The number of rotatable bonds is 8. The number of ether oxygens (including phenoxy) is 1. The van der Waals surface area contributed by atoms with Crippen LogP contribution in [0, 0.1) is 24.5 Å². The van der Waals surface area contributed by atoms with Gasteiger partial charge in [0.15, 0.2) is 0 Å². The Hall–Kier alpha value is -4.42. The quantitative estimate of drug-likeness (QED) is 0.117. The summed E-state index contributed by atoms with van der Waals surface area (Å²) >= 11 is 0. The van der Waals surface area contributed by atoms with Gasteiger partial charge in [-0.25, -0.2) is 18.6 Å². The topological polar surface area (TPSA) is 41.9 Å². The van der Waals surface area contributed by atoms with Crippen LogP contribution in [0.4, 0.5) is 14.5 Å². The molecule has 44 heavy (non-hydrogen) atoms. The summed E-state index contributed by atoms with van der Waals surface area (Å²) in [6.45, 7) is 9.09. The van der Waals surface area contributed by atoms with Gasteiger partial charge in [-0.3, -0.25) is 4.90 Å². The summed E-state index contributed by atoms with van der Waals surface area (Å²) in [6, 6.07) is 26.1. The highest BCUT2D eigenvalue weighted by Gasteiger charge is 2.37. The first-order valence-electron chi connectivity index (χ1n) is 15.0. The maximum absolute atomic E-state index is 15.9. The SMILES string of the molecule is COC(=O)/C=C/c1cc(F)c([C@H]2c3ccc(N=C(c4ccccc4)c4ccccc4)c(C)c3C[C@H](C)N2CC(C)C)c(F)c1. The van der Waals surface area contributed by atoms with Crippen molar-refractivity contribution in [2.75, 3.05) is 13.7 Å². The van der Waals surface area contributed by atoms with Gasteiger partial charge in [0.25, 0.3) is 0 Å². The molecule has 4 nitrogen and oxygen atoms in total. The highest BCUT2D eigenvalue weighted by Crippen LogP contribution is 2.43. The van der Waals surface area contributed by atoms with Crippen molar-refractivity contribution in [3.63, 3.8) is 0 Å². The molecule has 1 heterocycles. The molecule has 2 atom stereocenters. The molecule has 1 aliphatic rings. The molecule has 0 saturated carbocycles. The lowest BCUT2D eigenvalue weighted by Crippen LogP contribution is -2.45. The van der Waals surface area contributed by atoms with Crippen molar-refractivity contribution < 1.29 is 18.3 Å². The van der Waals surface area contributed by atoms with E-state index in [0.717, 1.165) is 51.7 Å². The molecule has 0 aromatic heterocycles. The smallest absolute Gasteiger partial charge is 0.330 e. The highest BCUT2D eigenvalue weighted by molar-refractivity contribution is 6.14. The van der Waals surface area contributed by atoms with Gasteiger partial charge in [0.2, 0.25) is 0 Å². The predicted molar refractivity (Wildman–Crippen MR) is 173 cm³/mol. The minimum atomic E-state index is -0.650. The van der Waals surface area contributed by atoms with E-state index in [0.29, 0.717) is 12.5 Å². The molecule has 6 heteroatoms. The average molecular weight is 593 g/mol. The molecule has 0 saturated heterocycles. The van der Waals surface area contributed by atoms with Crippen LogP contribution >= 0.6 is 0 Å². The Balaban J connectivity index is 1.65. The van der Waals surface area contributed by atoms with E-state index in [-0.39, 0.29) is 17.2 Å². The molecule has 0 unspecified atom stereocenters. The number of carbonyl (C=O) groups is 1. The Morgan fingerprint density at radius 2 is 1.57 bits per heavy atom. The predicted octanol–water partition coefficient (Wildman–Crippen LogP) is 8.62. The second kappa shape index (κ2) is 13.5. The first-order valence-corrected chi connectivity index (χ1v) is 15.0. The lowest BCUT2D eigenvalue weighted by Gasteiger charge is -2.44. The maximum Gasteiger partial charge on any atom is 0.330 e. The van der Waals surface area contributed by atoms with Crippen LogP contribution in [0.3, 0.4) is 0 Å². The largest absolute Gasteiger partial charge is 0.466 e. The molecule has 0 bridgehead atoms. The molecule has 1 aliphatic heterocycles. The van der Waals surface area contributed by atoms with Crippen LogP contribution in [-0.4, -0.2) is 36.3 Å². The van der Waals surface area contributed by atoms with Gasteiger partial charge in [-0.15, -0.1) is 0 Å². The van der Waals surface area contributed by atoms with E-state index in [1.54, 1.807) is 0 Å². The zero-order valence-electron chi connectivity index (χ0n) is 25.9. The Labute approximate surface area is 258 Å². The molecule has 0 radical (unpaired) electrons. The van der Waals surface area contributed by atoms with Gasteiger partial charge in [-0.1, -0.05) is 80.6 Å². The van der Waals surface area contributed by atoms with Crippen LogP contribution in [0.5, 0.6) is 0 Å². The Morgan fingerprint density at radius 1 is 0.977 bits per heavy atom. The van der Waals surface area contributed by atoms with Crippen molar-refractivity contribution in [2.45, 2.75) is 46.2 Å². The molecule has 0 fully saturated rings.